The van der Waals surface area contributed by atoms with Gasteiger partial charge in [0.15, 0.2) is 0 Å². The van der Waals surface area contributed by atoms with Crippen LogP contribution in [-0.4, -0.2) is 37.0 Å². The predicted octanol–water partition coefficient (Wildman–Crippen LogP) is 5.35. The van der Waals surface area contributed by atoms with E-state index in [-0.39, 0.29) is 11.8 Å². The molecular weight excluding hydrogens is 360 g/mol. The van der Waals surface area contributed by atoms with Gasteiger partial charge in [-0.05, 0) is 56.0 Å². The van der Waals surface area contributed by atoms with Crippen LogP contribution in [0.1, 0.15) is 44.9 Å². The van der Waals surface area contributed by atoms with Gasteiger partial charge in [0.25, 0.3) is 0 Å². The summed E-state index contributed by atoms with van der Waals surface area (Å²) >= 11 is 0. The Morgan fingerprint density at radius 1 is 0.966 bits per heavy atom. The maximum Gasteiger partial charge on any atom is 0.228 e. The van der Waals surface area contributed by atoms with Crippen LogP contribution in [0.2, 0.25) is 0 Å². The molecule has 1 heterocycles. The Balaban J connectivity index is 1.45. The number of amides is 1. The number of methoxy groups -OCH3 is 1. The summed E-state index contributed by atoms with van der Waals surface area (Å²) in [6.07, 6.45) is 8.76. The Hall–Kier alpha value is -2.33. The first-order chi connectivity index (χ1) is 14.2. The summed E-state index contributed by atoms with van der Waals surface area (Å²) in [7, 11) is 1.67. The normalized spacial score (nSPS) is 20.9. The molecule has 0 bridgehead atoms. The van der Waals surface area contributed by atoms with Gasteiger partial charge in [-0.2, -0.15) is 0 Å². The van der Waals surface area contributed by atoms with E-state index in [2.05, 4.69) is 16.3 Å². The Morgan fingerprint density at radius 2 is 1.72 bits per heavy atom. The molecule has 4 rings (SSSR count). The summed E-state index contributed by atoms with van der Waals surface area (Å²) in [6.45, 7) is 2.05. The van der Waals surface area contributed by atoms with Gasteiger partial charge in [0.05, 0.1) is 13.0 Å². The lowest BCUT2D eigenvalue weighted by atomic mass is 9.90. The highest BCUT2D eigenvalue weighted by molar-refractivity contribution is 5.97. The van der Waals surface area contributed by atoms with Crippen LogP contribution in [0.4, 0.5) is 5.69 Å². The number of anilines is 1. The molecule has 0 radical (unpaired) electrons. The van der Waals surface area contributed by atoms with E-state index in [1.165, 1.54) is 32.1 Å². The van der Waals surface area contributed by atoms with Crippen molar-refractivity contribution < 1.29 is 9.53 Å². The standard InChI is InChI=1S/C25H32N2O2/c1-29-22-15-13-19(14-16-22)23-11-5-6-12-24(23)26-25(28)20-8-7-17-27(18-20)21-9-3-2-4-10-21/h5-6,11-16,20-21H,2-4,7-10,17-18H2,1H3,(H,26,28). The molecule has 4 nitrogen and oxygen atoms in total. The number of benzene rings is 2. The zero-order valence-corrected chi connectivity index (χ0v) is 17.4. The molecule has 1 saturated heterocycles. The number of carbonyl (C=O) groups excluding carboxylic acids is 1. The summed E-state index contributed by atoms with van der Waals surface area (Å²) in [4.78, 5) is 15.7. The summed E-state index contributed by atoms with van der Waals surface area (Å²) in [5.74, 6) is 1.07. The van der Waals surface area contributed by atoms with Gasteiger partial charge in [-0.25, -0.2) is 0 Å². The quantitative estimate of drug-likeness (QED) is 0.746. The van der Waals surface area contributed by atoms with Gasteiger partial charge in [-0.3, -0.25) is 9.69 Å². The molecule has 1 amide bonds. The number of hydrogen-bond donors (Lipinski definition) is 1. The van der Waals surface area contributed by atoms with Crippen molar-refractivity contribution in [3.63, 3.8) is 0 Å². The lowest BCUT2D eigenvalue weighted by Gasteiger charge is -2.39. The zero-order valence-electron chi connectivity index (χ0n) is 17.4. The van der Waals surface area contributed by atoms with E-state index in [1.54, 1.807) is 7.11 Å². The fourth-order valence-corrected chi connectivity index (χ4v) is 4.85. The van der Waals surface area contributed by atoms with Gasteiger partial charge in [-0.15, -0.1) is 0 Å². The molecule has 1 aliphatic heterocycles. The molecule has 1 N–H and O–H groups in total. The van der Waals surface area contributed by atoms with E-state index in [4.69, 9.17) is 4.74 Å². The highest BCUT2D eigenvalue weighted by atomic mass is 16.5. The number of hydrogen-bond acceptors (Lipinski definition) is 3. The number of rotatable bonds is 5. The topological polar surface area (TPSA) is 41.6 Å². The van der Waals surface area contributed by atoms with Crippen LogP contribution < -0.4 is 10.1 Å². The second-order valence-corrected chi connectivity index (χ2v) is 8.39. The largest absolute Gasteiger partial charge is 0.497 e. The first-order valence-corrected chi connectivity index (χ1v) is 11.0. The summed E-state index contributed by atoms with van der Waals surface area (Å²) in [5.41, 5.74) is 3.01. The van der Waals surface area contributed by atoms with Crippen molar-refractivity contribution in [3.05, 3.63) is 48.5 Å². The zero-order chi connectivity index (χ0) is 20.1. The van der Waals surface area contributed by atoms with E-state index < -0.39 is 0 Å². The highest BCUT2D eigenvalue weighted by Crippen LogP contribution is 2.31. The number of likely N-dealkylation sites (tertiary alicyclic amines) is 1. The van der Waals surface area contributed by atoms with E-state index in [0.29, 0.717) is 6.04 Å². The summed E-state index contributed by atoms with van der Waals surface area (Å²) in [5, 5.41) is 3.23. The molecule has 1 aliphatic carbocycles. The predicted molar refractivity (Wildman–Crippen MR) is 118 cm³/mol. The van der Waals surface area contributed by atoms with Crippen LogP contribution in [0.15, 0.2) is 48.5 Å². The van der Waals surface area contributed by atoms with Crippen LogP contribution in [0.25, 0.3) is 11.1 Å². The van der Waals surface area contributed by atoms with Gasteiger partial charge in [0.2, 0.25) is 5.91 Å². The first-order valence-electron chi connectivity index (χ1n) is 11.0. The third-order valence-corrected chi connectivity index (χ3v) is 6.50. The third kappa shape index (κ3) is 4.81. The van der Waals surface area contributed by atoms with E-state index in [0.717, 1.165) is 48.5 Å². The molecule has 1 unspecified atom stereocenters. The van der Waals surface area contributed by atoms with Gasteiger partial charge < -0.3 is 10.1 Å². The van der Waals surface area contributed by atoms with Crippen LogP contribution in [-0.2, 0) is 4.79 Å². The van der Waals surface area contributed by atoms with Crippen LogP contribution in [0.3, 0.4) is 0 Å². The van der Waals surface area contributed by atoms with Crippen molar-refractivity contribution in [3.8, 4) is 16.9 Å². The second-order valence-electron chi connectivity index (χ2n) is 8.39. The van der Waals surface area contributed by atoms with Crippen molar-refractivity contribution in [2.75, 3.05) is 25.5 Å². The molecule has 1 atom stereocenters. The number of ether oxygens (including phenoxy) is 1. The molecular formula is C25H32N2O2. The van der Waals surface area contributed by atoms with Gasteiger partial charge in [0, 0.05) is 23.8 Å². The van der Waals surface area contributed by atoms with Crippen LogP contribution >= 0.6 is 0 Å². The van der Waals surface area contributed by atoms with Gasteiger partial charge in [-0.1, -0.05) is 49.6 Å². The number of para-hydroxylation sites is 1. The SMILES string of the molecule is COc1ccc(-c2ccccc2NC(=O)C2CCCN(C3CCCCC3)C2)cc1. The molecule has 29 heavy (non-hydrogen) atoms. The van der Waals surface area contributed by atoms with Crippen molar-refractivity contribution in [1.82, 2.24) is 4.90 Å². The van der Waals surface area contributed by atoms with Crippen molar-refractivity contribution in [2.45, 2.75) is 51.0 Å². The number of carbonyl (C=O) groups is 1. The molecule has 2 fully saturated rings. The fraction of sp³-hybridized carbons (Fsp3) is 0.480. The number of nitrogens with one attached hydrogen (secondary N) is 1. The smallest absolute Gasteiger partial charge is 0.228 e. The molecule has 0 spiro atoms. The summed E-state index contributed by atoms with van der Waals surface area (Å²) < 4.78 is 5.26. The maximum atomic E-state index is 13.1. The minimum absolute atomic E-state index is 0.0783. The molecule has 2 aromatic rings. The Labute approximate surface area is 174 Å². The lowest BCUT2D eigenvalue weighted by Crippen LogP contribution is -2.46. The lowest BCUT2D eigenvalue weighted by molar-refractivity contribution is -0.121. The molecule has 4 heteroatoms. The van der Waals surface area contributed by atoms with Crippen LogP contribution in [0.5, 0.6) is 5.75 Å². The minimum Gasteiger partial charge on any atom is -0.497 e. The van der Waals surface area contributed by atoms with E-state index in [9.17, 15) is 4.79 Å². The number of nitrogens with zero attached hydrogens (tertiary/aromatic N) is 1. The number of piperidine rings is 1. The highest BCUT2D eigenvalue weighted by Gasteiger charge is 2.30. The van der Waals surface area contributed by atoms with E-state index in [1.807, 2.05) is 42.5 Å². The molecule has 2 aromatic carbocycles. The average molecular weight is 393 g/mol. The minimum atomic E-state index is 0.0783. The van der Waals surface area contributed by atoms with Gasteiger partial charge >= 0.3 is 0 Å². The van der Waals surface area contributed by atoms with Crippen molar-refractivity contribution in [1.29, 1.82) is 0 Å². The van der Waals surface area contributed by atoms with Crippen LogP contribution in [0, 0.1) is 5.92 Å². The first kappa shape index (κ1) is 20.0. The maximum absolute atomic E-state index is 13.1. The molecule has 2 aliphatic rings. The Kier molecular flexibility index (Phi) is 6.50. The van der Waals surface area contributed by atoms with Gasteiger partial charge in [0.1, 0.15) is 5.75 Å². The third-order valence-electron chi connectivity index (χ3n) is 6.50. The monoisotopic (exact) mass is 392 g/mol. The fourth-order valence-electron chi connectivity index (χ4n) is 4.85. The molecule has 1 saturated carbocycles. The Morgan fingerprint density at radius 3 is 2.48 bits per heavy atom. The Bertz CT molecular complexity index is 812. The average Bonchev–Trinajstić information content (AvgIpc) is 2.80. The van der Waals surface area contributed by atoms with Crippen molar-refractivity contribution in [2.24, 2.45) is 5.92 Å². The summed E-state index contributed by atoms with van der Waals surface area (Å²) in [6, 6.07) is 16.7. The second kappa shape index (κ2) is 9.45. The van der Waals surface area contributed by atoms with Crippen molar-refractivity contribution >= 4 is 11.6 Å². The molecule has 0 aromatic heterocycles. The molecule has 154 valence electrons. The van der Waals surface area contributed by atoms with E-state index >= 15 is 0 Å².